The molecule has 5 nitrogen and oxygen atoms in total. The molecule has 182 valence electrons. The van der Waals surface area contributed by atoms with Crippen molar-refractivity contribution in [1.29, 1.82) is 0 Å². The number of nitrogens with zero attached hydrogens (tertiary/aromatic N) is 4. The van der Waals surface area contributed by atoms with E-state index in [0.717, 1.165) is 29.7 Å². The number of carbonyl (C=O) groups is 1. The summed E-state index contributed by atoms with van der Waals surface area (Å²) >= 11 is 0. The van der Waals surface area contributed by atoms with Gasteiger partial charge in [-0.1, -0.05) is 90.2 Å². The summed E-state index contributed by atoms with van der Waals surface area (Å²) in [5, 5.41) is 8.48. The second-order valence-electron chi connectivity index (χ2n) is 8.36. The maximum absolute atomic E-state index is 13.4. The van der Waals surface area contributed by atoms with E-state index in [-0.39, 0.29) is 34.8 Å². The first-order valence-corrected chi connectivity index (χ1v) is 11.6. The standard InChI is InChI=1S/C24H19FN4O.C5H6.Fe/c25-19-11-13-20(14-12-19)29-22(15-10-17-6-2-1-3-7-17)23(24(29)30)28-16-21(26-27-28)18-8-4-5-9-18;1-2-4-5-3-1;/h1-4,6-16,22-23H,5H2;1-4H,5H2;/b15-10+;;/t22-,23?;;/m1../s1. The van der Waals surface area contributed by atoms with E-state index in [2.05, 4.69) is 46.8 Å². The Bertz CT molecular complexity index is 1330. The van der Waals surface area contributed by atoms with Crippen molar-refractivity contribution >= 4 is 23.2 Å². The Morgan fingerprint density at radius 1 is 0.944 bits per heavy atom. The zero-order valence-corrected chi connectivity index (χ0v) is 20.6. The number of benzene rings is 2. The Morgan fingerprint density at radius 3 is 2.33 bits per heavy atom. The van der Waals surface area contributed by atoms with Crippen LogP contribution in [0.15, 0.2) is 109 Å². The van der Waals surface area contributed by atoms with Gasteiger partial charge in [0.15, 0.2) is 6.04 Å². The van der Waals surface area contributed by atoms with Gasteiger partial charge in [0.25, 0.3) is 5.91 Å². The van der Waals surface area contributed by atoms with E-state index in [1.54, 1.807) is 21.7 Å². The molecule has 1 amide bonds. The quantitative estimate of drug-likeness (QED) is 0.310. The minimum Gasteiger partial charge on any atom is -0.301 e. The number of anilines is 1. The third-order valence-electron chi connectivity index (χ3n) is 6.02. The zero-order chi connectivity index (χ0) is 24.0. The third kappa shape index (κ3) is 5.54. The molecule has 2 atom stereocenters. The van der Waals surface area contributed by atoms with Crippen LogP contribution in [0, 0.1) is 5.82 Å². The first-order chi connectivity index (χ1) is 17.2. The molecule has 1 saturated heterocycles. The van der Waals surface area contributed by atoms with Crippen molar-refractivity contribution in [3.05, 3.63) is 126 Å². The van der Waals surface area contributed by atoms with E-state index in [1.165, 1.54) is 12.1 Å². The number of carbonyl (C=O) groups excluding carboxylic acids is 1. The molecular formula is C29H25FFeN4O. The third-order valence-corrected chi connectivity index (χ3v) is 6.02. The van der Waals surface area contributed by atoms with Gasteiger partial charge in [0.05, 0.1) is 12.2 Å². The molecule has 7 heteroatoms. The molecule has 0 spiro atoms. The molecule has 1 aromatic heterocycles. The summed E-state index contributed by atoms with van der Waals surface area (Å²) in [5.74, 6) is -0.435. The predicted molar refractivity (Wildman–Crippen MR) is 137 cm³/mol. The molecule has 0 N–H and O–H groups in total. The van der Waals surface area contributed by atoms with Crippen LogP contribution in [0.3, 0.4) is 0 Å². The van der Waals surface area contributed by atoms with Gasteiger partial charge in [-0.25, -0.2) is 9.07 Å². The fourth-order valence-corrected chi connectivity index (χ4v) is 4.22. The summed E-state index contributed by atoms with van der Waals surface area (Å²) in [5.41, 5.74) is 3.46. The Balaban J connectivity index is 0.000000455. The van der Waals surface area contributed by atoms with Gasteiger partial charge in [0, 0.05) is 22.8 Å². The van der Waals surface area contributed by atoms with Crippen molar-refractivity contribution in [2.75, 3.05) is 4.90 Å². The van der Waals surface area contributed by atoms with E-state index in [4.69, 9.17) is 0 Å². The van der Waals surface area contributed by atoms with Crippen LogP contribution in [0.4, 0.5) is 10.1 Å². The van der Waals surface area contributed by atoms with Crippen LogP contribution < -0.4 is 4.90 Å². The average molecular weight is 520 g/mol. The number of rotatable bonds is 5. The topological polar surface area (TPSA) is 51.0 Å². The molecule has 0 bridgehead atoms. The van der Waals surface area contributed by atoms with E-state index >= 15 is 0 Å². The molecule has 2 heterocycles. The maximum Gasteiger partial charge on any atom is 0.255 e. The van der Waals surface area contributed by atoms with E-state index in [0.29, 0.717) is 5.69 Å². The van der Waals surface area contributed by atoms with Crippen LogP contribution in [-0.2, 0) is 21.9 Å². The van der Waals surface area contributed by atoms with Crippen molar-refractivity contribution < 1.29 is 26.3 Å². The molecule has 1 unspecified atom stereocenters. The zero-order valence-electron chi connectivity index (χ0n) is 19.5. The molecule has 36 heavy (non-hydrogen) atoms. The fraction of sp³-hybridized carbons (Fsp3) is 0.138. The second kappa shape index (κ2) is 11.8. The summed E-state index contributed by atoms with van der Waals surface area (Å²) in [6.45, 7) is 0. The van der Waals surface area contributed by atoms with Gasteiger partial charge in [0.2, 0.25) is 0 Å². The van der Waals surface area contributed by atoms with Gasteiger partial charge in [-0.05, 0) is 48.2 Å². The number of hydrogen-bond donors (Lipinski definition) is 0. The number of β-lactam (4-membered cyclic amide) rings is 1. The van der Waals surface area contributed by atoms with Crippen LogP contribution in [0.1, 0.15) is 30.1 Å². The molecule has 2 aliphatic carbocycles. The molecule has 0 radical (unpaired) electrons. The Labute approximate surface area is 220 Å². The van der Waals surface area contributed by atoms with Crippen molar-refractivity contribution in [2.45, 2.75) is 24.9 Å². The summed E-state index contributed by atoms with van der Waals surface area (Å²) in [6, 6.07) is 15.1. The van der Waals surface area contributed by atoms with Gasteiger partial charge < -0.3 is 4.90 Å². The summed E-state index contributed by atoms with van der Waals surface area (Å²) in [4.78, 5) is 14.7. The van der Waals surface area contributed by atoms with Crippen molar-refractivity contribution in [1.82, 2.24) is 15.0 Å². The smallest absolute Gasteiger partial charge is 0.255 e. The van der Waals surface area contributed by atoms with E-state index in [1.807, 2.05) is 54.8 Å². The van der Waals surface area contributed by atoms with Crippen molar-refractivity contribution in [3.63, 3.8) is 0 Å². The van der Waals surface area contributed by atoms with Gasteiger partial charge in [0.1, 0.15) is 11.5 Å². The van der Waals surface area contributed by atoms with Crippen LogP contribution in [-0.4, -0.2) is 26.9 Å². The molecule has 6 rings (SSSR count). The van der Waals surface area contributed by atoms with Gasteiger partial charge in [-0.3, -0.25) is 4.79 Å². The molecule has 1 aliphatic heterocycles. The summed E-state index contributed by atoms with van der Waals surface area (Å²) in [7, 11) is 0. The van der Waals surface area contributed by atoms with Crippen LogP contribution in [0.25, 0.3) is 11.6 Å². The van der Waals surface area contributed by atoms with Crippen molar-refractivity contribution in [3.8, 4) is 0 Å². The molecule has 1 fully saturated rings. The van der Waals surface area contributed by atoms with E-state index in [9.17, 15) is 9.18 Å². The summed E-state index contributed by atoms with van der Waals surface area (Å²) in [6.07, 6.45) is 22.3. The maximum atomic E-state index is 13.4. The van der Waals surface area contributed by atoms with Crippen LogP contribution >= 0.6 is 0 Å². The minimum absolute atomic E-state index is 0. The SMILES string of the molecule is C1=CCC=C1.O=C1C(n2cc(C3=CCC=C3)nn2)[C@@H](/C=C/c2ccccc2)N1c1ccc(F)cc1.[Fe]. The number of halogens is 1. The van der Waals surface area contributed by atoms with Crippen molar-refractivity contribution in [2.24, 2.45) is 0 Å². The normalized spacial score (nSPS) is 19.6. The number of allylic oxidation sites excluding steroid dienone is 8. The largest absolute Gasteiger partial charge is 0.301 e. The molecule has 0 saturated carbocycles. The summed E-state index contributed by atoms with van der Waals surface area (Å²) < 4.78 is 15.0. The molecule has 3 aromatic rings. The average Bonchev–Trinajstić information content (AvgIpc) is 3.68. The van der Waals surface area contributed by atoms with Crippen LogP contribution in [0.2, 0.25) is 0 Å². The second-order valence-corrected chi connectivity index (χ2v) is 8.36. The first kappa shape index (κ1) is 25.3. The molecule has 3 aliphatic rings. The van der Waals surface area contributed by atoms with Crippen LogP contribution in [0.5, 0.6) is 0 Å². The van der Waals surface area contributed by atoms with Gasteiger partial charge in [-0.15, -0.1) is 5.10 Å². The fourth-order valence-electron chi connectivity index (χ4n) is 4.22. The minimum atomic E-state index is -0.498. The molecule has 2 aromatic carbocycles. The van der Waals surface area contributed by atoms with Gasteiger partial charge in [-0.2, -0.15) is 0 Å². The number of amides is 1. The Morgan fingerprint density at radius 2 is 1.69 bits per heavy atom. The first-order valence-electron chi connectivity index (χ1n) is 11.6. The van der Waals surface area contributed by atoms with Gasteiger partial charge >= 0.3 is 0 Å². The predicted octanol–water partition coefficient (Wildman–Crippen LogP) is 5.93. The molecular weight excluding hydrogens is 495 g/mol. The number of aromatic nitrogens is 3. The van der Waals surface area contributed by atoms with E-state index < -0.39 is 6.04 Å². The Kier molecular flexibility index (Phi) is 8.26. The Hall–Kier alpha value is -3.80. The monoisotopic (exact) mass is 520 g/mol. The number of hydrogen-bond acceptors (Lipinski definition) is 3.